The molecule has 0 aliphatic carbocycles. The summed E-state index contributed by atoms with van der Waals surface area (Å²) in [5, 5.41) is 83.7. The summed E-state index contributed by atoms with van der Waals surface area (Å²) in [4.78, 5) is 8.76. The van der Waals surface area contributed by atoms with E-state index in [1.807, 2.05) is 0 Å². The molecule has 0 radical (unpaired) electrons. The van der Waals surface area contributed by atoms with Gasteiger partial charge < -0.3 is 50.5 Å². The van der Waals surface area contributed by atoms with Crippen LogP contribution < -0.4 is 5.26 Å². The van der Waals surface area contributed by atoms with Crippen molar-refractivity contribution in [1.82, 2.24) is 0 Å². The molecule has 6 unspecified atom stereocenters. The van der Waals surface area contributed by atoms with Crippen LogP contribution in [0.2, 0.25) is 0 Å². The quantitative estimate of drug-likeness (QED) is 0.0590. The molecule has 0 amide bonds. The lowest BCUT2D eigenvalue weighted by atomic mass is 9.98. The Morgan fingerprint density at radius 3 is 1.61 bits per heavy atom. The van der Waals surface area contributed by atoms with Gasteiger partial charge in [0, 0.05) is 9.82 Å². The average Bonchev–Trinajstić information content (AvgIpc) is 2.80. The molecule has 2 heterocycles. The largest absolute Gasteiger partial charge is 0.692 e. The van der Waals surface area contributed by atoms with E-state index in [2.05, 4.69) is 42.5 Å². The van der Waals surface area contributed by atoms with Gasteiger partial charge in [-0.3, -0.25) is 5.04 Å². The zero-order valence-electron chi connectivity index (χ0n) is 15.9. The standard InChI is InChI=1S/C6H11N3O7.C6H11N3O5.CH4.OS/c7-9-8-3-5(11)4(10)2(1-14-16-13)15-6(3)12;7-9-8-3-5(12)4(11)2(1-10)14-6(3)13;;1-2/h2-6,10-13H,1H2;2-6,10-13H,1H2;1H4;/p-1/t2*2?,3?,4-,5-,6?;;/m11../s1. The van der Waals surface area contributed by atoms with E-state index in [1.54, 1.807) is 0 Å². The van der Waals surface area contributed by atoms with Crippen molar-refractivity contribution in [3.05, 3.63) is 20.9 Å². The van der Waals surface area contributed by atoms with Gasteiger partial charge >= 0.3 is 0 Å². The Morgan fingerprint density at radius 1 is 0.848 bits per heavy atom. The van der Waals surface area contributed by atoms with Crippen molar-refractivity contribution in [2.24, 2.45) is 10.2 Å². The summed E-state index contributed by atoms with van der Waals surface area (Å²) in [6.45, 7) is -1.03. The van der Waals surface area contributed by atoms with Gasteiger partial charge in [0.2, 0.25) is 0 Å². The number of hydrogen-bond donors (Lipinski definition) is 7. The predicted molar refractivity (Wildman–Crippen MR) is 101 cm³/mol. The highest BCUT2D eigenvalue weighted by Crippen LogP contribution is 2.23. The second-order valence-electron chi connectivity index (χ2n) is 6.02. The number of aliphatic hydroxyl groups excluding tert-OH is 7. The molecule has 0 aromatic heterocycles. The smallest absolute Gasteiger partial charge is 0.197 e. The third-order valence-electron chi connectivity index (χ3n) is 4.20. The van der Waals surface area contributed by atoms with Gasteiger partial charge in [0.15, 0.2) is 25.1 Å². The lowest BCUT2D eigenvalue weighted by molar-refractivity contribution is -0.801. The molecular weight excluding hydrogens is 480 g/mol. The Morgan fingerprint density at radius 2 is 1.24 bits per heavy atom. The van der Waals surface area contributed by atoms with E-state index in [4.69, 9.17) is 29.9 Å². The minimum absolute atomic E-state index is 0. The first-order valence-electron chi connectivity index (χ1n) is 8.40. The maximum absolute atomic E-state index is 9.56. The molecule has 0 aromatic rings. The Kier molecular flexibility index (Phi) is 17.8. The topological polar surface area (TPSA) is 316 Å². The van der Waals surface area contributed by atoms with E-state index >= 15 is 0 Å². The van der Waals surface area contributed by atoms with Crippen LogP contribution in [0.15, 0.2) is 10.2 Å². The molecule has 2 aliphatic rings. The van der Waals surface area contributed by atoms with Gasteiger partial charge in [-0.15, -0.1) is 0 Å². The van der Waals surface area contributed by atoms with Gasteiger partial charge in [-0.2, -0.15) is 4.21 Å². The molecule has 0 bridgehead atoms. The van der Waals surface area contributed by atoms with Gasteiger partial charge in [0.25, 0.3) is 0 Å². The van der Waals surface area contributed by atoms with Crippen LogP contribution in [0.4, 0.5) is 0 Å². The van der Waals surface area contributed by atoms with Crippen LogP contribution in [-0.2, 0) is 31.9 Å². The van der Waals surface area contributed by atoms with Gasteiger partial charge in [0.05, 0.1) is 18.8 Å². The zero-order valence-corrected chi connectivity index (χ0v) is 16.7. The molecule has 2 rings (SSSR count). The van der Waals surface area contributed by atoms with E-state index in [-0.39, 0.29) is 7.43 Å². The maximum atomic E-state index is 9.56. The van der Waals surface area contributed by atoms with Gasteiger partial charge in [-0.05, 0) is 11.1 Å². The fourth-order valence-electron chi connectivity index (χ4n) is 2.62. The number of azide groups is 2. The van der Waals surface area contributed by atoms with Crippen molar-refractivity contribution in [1.29, 1.82) is 0 Å². The van der Waals surface area contributed by atoms with Crippen molar-refractivity contribution in [2.75, 3.05) is 13.2 Å². The monoisotopic (exact) mass is 505 g/mol. The number of hydrogen-bond acceptors (Lipinski definition) is 16. The molecule has 0 saturated carbocycles. The number of nitrogens with zero attached hydrogens (tertiary/aromatic N) is 6. The number of aliphatic hydroxyl groups is 7. The maximum Gasteiger partial charge on any atom is 0.197 e. The number of ether oxygens (including phenoxy) is 2. The highest BCUT2D eigenvalue weighted by molar-refractivity contribution is 7.44. The number of rotatable bonds is 6. The molecular formula is C13H25N6O13S-. The third-order valence-corrected chi connectivity index (χ3v) is 4.20. The van der Waals surface area contributed by atoms with Gasteiger partial charge in [-0.1, -0.05) is 17.7 Å². The first-order valence-corrected chi connectivity index (χ1v) is 8.73. The normalized spacial score (nSPS) is 37.3. The van der Waals surface area contributed by atoms with Crippen molar-refractivity contribution in [2.45, 2.75) is 68.7 Å². The second-order valence-corrected chi connectivity index (χ2v) is 6.02. The summed E-state index contributed by atoms with van der Waals surface area (Å²) in [5.41, 5.74) is 16.3. The first-order chi connectivity index (χ1) is 15.2. The first kappa shape index (κ1) is 33.3. The van der Waals surface area contributed by atoms with E-state index in [9.17, 15) is 35.9 Å². The molecule has 0 spiro atoms. The van der Waals surface area contributed by atoms with Gasteiger partial charge in [0.1, 0.15) is 43.1 Å². The molecule has 192 valence electrons. The lowest BCUT2D eigenvalue weighted by Crippen LogP contribution is -2.57. The van der Waals surface area contributed by atoms with Crippen molar-refractivity contribution < 1.29 is 64.6 Å². The highest BCUT2D eigenvalue weighted by Gasteiger charge is 2.44. The molecule has 7 N–H and O–H groups in total. The minimum atomic E-state index is -1.60. The molecule has 2 aliphatic heterocycles. The van der Waals surface area contributed by atoms with Crippen LogP contribution in [0.25, 0.3) is 20.9 Å². The molecule has 20 heteroatoms. The Labute approximate surface area is 190 Å². The molecule has 0 aromatic carbocycles. The molecule has 2 fully saturated rings. The third kappa shape index (κ3) is 9.51. The van der Waals surface area contributed by atoms with Crippen LogP contribution in [-0.4, -0.2) is 114 Å². The van der Waals surface area contributed by atoms with E-state index in [1.165, 1.54) is 0 Å². The molecule has 33 heavy (non-hydrogen) atoms. The second kappa shape index (κ2) is 17.6. The molecule has 2 saturated heterocycles. The summed E-state index contributed by atoms with van der Waals surface area (Å²) in [5.74, 6) is 0. The fourth-order valence-corrected chi connectivity index (χ4v) is 2.62. The summed E-state index contributed by atoms with van der Waals surface area (Å²) in [6, 6.07) is -2.60. The van der Waals surface area contributed by atoms with Crippen LogP contribution in [0.3, 0.4) is 0 Å². The zero-order chi connectivity index (χ0) is 24.8. The minimum Gasteiger partial charge on any atom is -0.692 e. The van der Waals surface area contributed by atoms with Crippen LogP contribution in [0.1, 0.15) is 7.43 Å². The summed E-state index contributed by atoms with van der Waals surface area (Å²) >= 11 is 2.83. The van der Waals surface area contributed by atoms with Crippen molar-refractivity contribution in [3.63, 3.8) is 0 Å². The summed E-state index contributed by atoms with van der Waals surface area (Å²) in [7, 11) is 0. The van der Waals surface area contributed by atoms with Crippen LogP contribution in [0, 0.1) is 0 Å². The predicted octanol–water partition coefficient (Wildman–Crippen LogP) is -4.28. The average molecular weight is 505 g/mol. The Bertz CT molecular complexity index is 642. The molecule has 19 nitrogen and oxygen atoms in total. The SMILES string of the molecule is C.O=S.[N-]=[N+]=NC1C(O)OC(CO)[C@@H](O)[C@@H]1O.[N-]=[N+]=NC1C(O)OC(COO[O-])[C@@H](O)[C@@H]1O. The van der Waals surface area contributed by atoms with Crippen molar-refractivity contribution in [3.8, 4) is 0 Å². The highest BCUT2D eigenvalue weighted by atomic mass is 32.1. The fraction of sp³-hybridized carbons (Fsp3) is 1.00. The summed E-state index contributed by atoms with van der Waals surface area (Å²) in [6.07, 6.45) is -11.2. The van der Waals surface area contributed by atoms with E-state index in [0.717, 1.165) is 0 Å². The lowest BCUT2D eigenvalue weighted by Gasteiger charge is -2.38. The van der Waals surface area contributed by atoms with Crippen molar-refractivity contribution >= 4 is 12.5 Å². The molecule has 10 atom stereocenters. The Hall–Kier alpha value is -1.84. The van der Waals surface area contributed by atoms with E-state index in [0.29, 0.717) is 0 Å². The summed E-state index contributed by atoms with van der Waals surface area (Å²) < 4.78 is 17.3. The van der Waals surface area contributed by atoms with Crippen LogP contribution in [0.5, 0.6) is 0 Å². The van der Waals surface area contributed by atoms with Crippen LogP contribution >= 0.6 is 0 Å². The van der Waals surface area contributed by atoms with E-state index < -0.39 is 74.5 Å². The van der Waals surface area contributed by atoms with Gasteiger partial charge in [-0.25, -0.2) is 4.89 Å². The Balaban J connectivity index is 0.